The second-order valence-electron chi connectivity index (χ2n) is 4.20. The number of rotatable bonds is 5. The Morgan fingerprint density at radius 1 is 1.42 bits per heavy atom. The molecule has 0 aromatic carbocycles. The van der Waals surface area contributed by atoms with E-state index < -0.39 is 0 Å². The molecule has 1 atom stereocenters. The number of carbonyl (C=O) groups is 1. The molecule has 0 aliphatic heterocycles. The zero-order valence-corrected chi connectivity index (χ0v) is 14.1. The lowest BCUT2D eigenvalue weighted by Gasteiger charge is -2.14. The lowest BCUT2D eigenvalue weighted by molar-refractivity contribution is -0.118. The molecule has 6 heteroatoms. The Bertz CT molecular complexity index is 403. The van der Waals surface area contributed by atoms with E-state index in [9.17, 15) is 4.79 Å². The van der Waals surface area contributed by atoms with Crippen LogP contribution >= 0.6 is 24.0 Å². The van der Waals surface area contributed by atoms with Gasteiger partial charge >= 0.3 is 0 Å². The van der Waals surface area contributed by atoms with Gasteiger partial charge in [-0.15, -0.1) is 11.8 Å². The van der Waals surface area contributed by atoms with Gasteiger partial charge < -0.3 is 10.6 Å². The highest BCUT2D eigenvalue weighted by Crippen LogP contribution is 2.16. The first kappa shape index (κ1) is 18.1. The molecule has 0 saturated carbocycles. The zero-order chi connectivity index (χ0) is 15.0. The minimum Gasteiger partial charge on any atom is -0.379 e. The predicted octanol–water partition coefficient (Wildman–Crippen LogP) is 2.71. The summed E-state index contributed by atoms with van der Waals surface area (Å²) in [5.41, 5.74) is 0.766. The van der Waals surface area contributed by atoms with Crippen molar-refractivity contribution in [3.8, 4) is 0 Å². The first-order valence-corrected chi connectivity index (χ1v) is 7.83. The van der Waals surface area contributed by atoms with Crippen LogP contribution in [0, 0.1) is 5.92 Å². The highest BCUT2D eigenvalue weighted by Gasteiger charge is 2.12. The van der Waals surface area contributed by atoms with Gasteiger partial charge in [-0.2, -0.15) is 0 Å². The third kappa shape index (κ3) is 6.20. The SMILES string of the molecule is CCC(C)C(=N/C(NC(C)=O)=C(\C)C(=S)NC)SC. The van der Waals surface area contributed by atoms with Crippen molar-refractivity contribution in [3.63, 3.8) is 0 Å². The highest BCUT2D eigenvalue weighted by molar-refractivity contribution is 8.13. The van der Waals surface area contributed by atoms with Crippen LogP contribution in [0.2, 0.25) is 0 Å². The van der Waals surface area contributed by atoms with E-state index >= 15 is 0 Å². The summed E-state index contributed by atoms with van der Waals surface area (Å²) in [5.74, 6) is 0.729. The number of thiocarbonyl (C=S) groups is 1. The molecule has 0 aromatic rings. The summed E-state index contributed by atoms with van der Waals surface area (Å²) in [7, 11) is 1.76. The van der Waals surface area contributed by atoms with Crippen LogP contribution in [0.1, 0.15) is 34.1 Å². The third-order valence-electron chi connectivity index (χ3n) is 2.68. The van der Waals surface area contributed by atoms with Crippen molar-refractivity contribution < 1.29 is 4.79 Å². The first-order valence-electron chi connectivity index (χ1n) is 6.20. The lowest BCUT2D eigenvalue weighted by Crippen LogP contribution is -2.25. The van der Waals surface area contributed by atoms with Crippen LogP contribution in [0.3, 0.4) is 0 Å². The number of carbonyl (C=O) groups excluding carboxylic acids is 1. The summed E-state index contributed by atoms with van der Waals surface area (Å²) in [4.78, 5) is 16.4. The molecule has 108 valence electrons. The number of aliphatic imine (C=N–C) groups is 1. The molecule has 0 heterocycles. The fourth-order valence-corrected chi connectivity index (χ4v) is 2.16. The van der Waals surface area contributed by atoms with Gasteiger partial charge in [-0.05, 0) is 19.6 Å². The van der Waals surface area contributed by atoms with Gasteiger partial charge in [0.25, 0.3) is 0 Å². The van der Waals surface area contributed by atoms with Crippen LogP contribution < -0.4 is 10.6 Å². The molecular formula is C13H23N3OS2. The number of thioether (sulfide) groups is 1. The van der Waals surface area contributed by atoms with Crippen molar-refractivity contribution in [1.82, 2.24) is 10.6 Å². The summed E-state index contributed by atoms with van der Waals surface area (Å²) in [6, 6.07) is 0. The fraction of sp³-hybridized carbons (Fsp3) is 0.615. The molecule has 0 rings (SSSR count). The summed E-state index contributed by atoms with van der Waals surface area (Å²) >= 11 is 6.79. The van der Waals surface area contributed by atoms with Crippen LogP contribution in [0.25, 0.3) is 0 Å². The quantitative estimate of drug-likeness (QED) is 0.355. The normalized spacial score (nSPS) is 14.5. The third-order valence-corrected chi connectivity index (χ3v) is 4.10. The number of amides is 1. The van der Waals surface area contributed by atoms with E-state index in [4.69, 9.17) is 12.2 Å². The van der Waals surface area contributed by atoms with Gasteiger partial charge in [0.15, 0.2) is 0 Å². The molecule has 0 radical (unpaired) electrons. The Kier molecular flexibility index (Phi) is 8.67. The number of hydrogen-bond acceptors (Lipinski definition) is 4. The number of hydrogen-bond donors (Lipinski definition) is 2. The van der Waals surface area contributed by atoms with Crippen molar-refractivity contribution in [2.75, 3.05) is 13.3 Å². The average molecular weight is 301 g/mol. The van der Waals surface area contributed by atoms with E-state index in [0.717, 1.165) is 17.0 Å². The molecule has 0 fully saturated rings. The zero-order valence-electron chi connectivity index (χ0n) is 12.5. The summed E-state index contributed by atoms with van der Waals surface area (Å²) < 4.78 is 0. The maximum absolute atomic E-state index is 11.3. The van der Waals surface area contributed by atoms with Crippen molar-refractivity contribution in [3.05, 3.63) is 11.4 Å². The monoisotopic (exact) mass is 301 g/mol. The molecule has 0 aliphatic carbocycles. The molecule has 4 nitrogen and oxygen atoms in total. The van der Waals surface area contributed by atoms with E-state index in [1.165, 1.54) is 6.92 Å². The summed E-state index contributed by atoms with van der Waals surface area (Å²) in [6.07, 6.45) is 2.99. The Morgan fingerprint density at radius 3 is 2.37 bits per heavy atom. The van der Waals surface area contributed by atoms with E-state index in [1.807, 2.05) is 13.2 Å². The van der Waals surface area contributed by atoms with Crippen LogP contribution in [0.15, 0.2) is 16.4 Å². The topological polar surface area (TPSA) is 53.5 Å². The number of likely N-dealkylation sites (N-methyl/N-ethyl adjacent to an activating group) is 1. The van der Waals surface area contributed by atoms with Crippen LogP contribution in [0.4, 0.5) is 0 Å². The molecule has 1 amide bonds. The lowest BCUT2D eigenvalue weighted by atomic mass is 10.1. The highest BCUT2D eigenvalue weighted by atomic mass is 32.2. The van der Waals surface area contributed by atoms with Crippen molar-refractivity contribution in [2.24, 2.45) is 10.9 Å². The van der Waals surface area contributed by atoms with Gasteiger partial charge in [0.1, 0.15) is 10.8 Å². The van der Waals surface area contributed by atoms with E-state index in [0.29, 0.717) is 16.7 Å². The van der Waals surface area contributed by atoms with Crippen molar-refractivity contribution in [2.45, 2.75) is 34.1 Å². The molecule has 0 bridgehead atoms. The number of nitrogens with zero attached hydrogens (tertiary/aromatic N) is 1. The van der Waals surface area contributed by atoms with Crippen LogP contribution in [-0.4, -0.2) is 29.2 Å². The smallest absolute Gasteiger partial charge is 0.222 e. The van der Waals surface area contributed by atoms with Crippen LogP contribution in [0.5, 0.6) is 0 Å². The predicted molar refractivity (Wildman–Crippen MR) is 88.6 cm³/mol. The first-order chi connectivity index (χ1) is 8.87. The van der Waals surface area contributed by atoms with Gasteiger partial charge in [0, 0.05) is 25.5 Å². The Hall–Kier alpha value is -0.880. The van der Waals surface area contributed by atoms with E-state index in [2.05, 4.69) is 29.5 Å². The molecule has 0 aliphatic rings. The molecule has 0 saturated heterocycles. The molecule has 2 N–H and O–H groups in total. The van der Waals surface area contributed by atoms with Crippen LogP contribution in [-0.2, 0) is 4.79 Å². The Morgan fingerprint density at radius 2 is 2.00 bits per heavy atom. The van der Waals surface area contributed by atoms with E-state index in [1.54, 1.807) is 18.8 Å². The van der Waals surface area contributed by atoms with Gasteiger partial charge in [-0.1, -0.05) is 26.1 Å². The standard InChI is InChI=1S/C13H23N3OS2/c1-7-8(2)13(19-6)16-11(15-10(4)17)9(3)12(18)14-5/h8H,7H2,1-6H3,(H,14,18)(H,15,17)/b11-9+,16-13?. The second kappa shape index (κ2) is 9.09. The molecule has 19 heavy (non-hydrogen) atoms. The Balaban J connectivity index is 5.54. The van der Waals surface area contributed by atoms with Gasteiger partial charge in [-0.3, -0.25) is 4.79 Å². The summed E-state index contributed by atoms with van der Waals surface area (Å²) in [6.45, 7) is 7.55. The minimum atomic E-state index is -0.151. The maximum Gasteiger partial charge on any atom is 0.222 e. The second-order valence-corrected chi connectivity index (χ2v) is 5.43. The molecule has 0 aromatic heterocycles. The van der Waals surface area contributed by atoms with Gasteiger partial charge in [0.2, 0.25) is 5.91 Å². The van der Waals surface area contributed by atoms with Gasteiger partial charge in [-0.25, -0.2) is 4.99 Å². The van der Waals surface area contributed by atoms with Crippen molar-refractivity contribution >= 4 is 39.9 Å². The maximum atomic E-state index is 11.3. The summed E-state index contributed by atoms with van der Waals surface area (Å²) in [5, 5.41) is 6.64. The largest absolute Gasteiger partial charge is 0.379 e. The number of nitrogens with one attached hydrogen (secondary N) is 2. The fourth-order valence-electron chi connectivity index (χ4n) is 1.31. The minimum absolute atomic E-state index is 0.151. The molecular weight excluding hydrogens is 278 g/mol. The molecule has 0 spiro atoms. The average Bonchev–Trinajstić information content (AvgIpc) is 2.40. The van der Waals surface area contributed by atoms with Crippen molar-refractivity contribution in [1.29, 1.82) is 0 Å². The Labute approximate surface area is 125 Å². The van der Waals surface area contributed by atoms with Gasteiger partial charge in [0.05, 0.1) is 5.04 Å². The molecule has 1 unspecified atom stereocenters. The van der Waals surface area contributed by atoms with E-state index in [-0.39, 0.29) is 5.91 Å².